The largest absolute Gasteiger partial charge is 0.338 e. The van der Waals surface area contributed by atoms with E-state index in [0.29, 0.717) is 5.92 Å². The SMILES string of the molecule is O=C(NCCN1CCCC1)NCC1CCNC1. The molecule has 2 saturated heterocycles. The minimum atomic E-state index is -0.0175. The van der Waals surface area contributed by atoms with Crippen LogP contribution in [0.15, 0.2) is 0 Å². The van der Waals surface area contributed by atoms with Gasteiger partial charge in [-0.15, -0.1) is 0 Å². The standard InChI is InChI=1S/C12H24N4O/c17-12(15-10-11-3-4-13-9-11)14-5-8-16-6-1-2-7-16/h11,13H,1-10H2,(H2,14,15,17). The quantitative estimate of drug-likeness (QED) is 0.633. The molecular weight excluding hydrogens is 216 g/mol. The monoisotopic (exact) mass is 240 g/mol. The molecule has 0 saturated carbocycles. The summed E-state index contributed by atoms with van der Waals surface area (Å²) in [5.74, 6) is 0.610. The molecule has 2 amide bonds. The second-order valence-corrected chi connectivity index (χ2v) is 5.04. The highest BCUT2D eigenvalue weighted by atomic mass is 16.2. The van der Waals surface area contributed by atoms with Gasteiger partial charge >= 0.3 is 6.03 Å². The first-order chi connectivity index (χ1) is 8.34. The van der Waals surface area contributed by atoms with Crippen molar-refractivity contribution < 1.29 is 4.79 Å². The molecule has 0 aliphatic carbocycles. The fraction of sp³-hybridized carbons (Fsp3) is 0.917. The first-order valence-electron chi connectivity index (χ1n) is 6.79. The summed E-state index contributed by atoms with van der Waals surface area (Å²) in [5, 5.41) is 9.16. The third kappa shape index (κ3) is 4.52. The number of hydrogen-bond donors (Lipinski definition) is 3. The van der Waals surface area contributed by atoms with Gasteiger partial charge in [-0.2, -0.15) is 0 Å². The maximum Gasteiger partial charge on any atom is 0.314 e. The highest BCUT2D eigenvalue weighted by Gasteiger charge is 2.15. The molecule has 2 heterocycles. The Kier molecular flexibility index (Phi) is 5.07. The van der Waals surface area contributed by atoms with Crippen LogP contribution in [0.25, 0.3) is 0 Å². The van der Waals surface area contributed by atoms with E-state index in [2.05, 4.69) is 20.9 Å². The number of urea groups is 1. The number of nitrogens with zero attached hydrogens (tertiary/aromatic N) is 1. The summed E-state index contributed by atoms with van der Waals surface area (Å²) in [7, 11) is 0. The van der Waals surface area contributed by atoms with Crippen molar-refractivity contribution in [3.8, 4) is 0 Å². The summed E-state index contributed by atoms with van der Waals surface area (Å²) in [4.78, 5) is 13.9. The lowest BCUT2D eigenvalue weighted by Gasteiger charge is -2.15. The molecule has 0 aromatic rings. The zero-order valence-corrected chi connectivity index (χ0v) is 10.5. The normalized spacial score (nSPS) is 25.1. The van der Waals surface area contributed by atoms with E-state index in [1.807, 2.05) is 0 Å². The van der Waals surface area contributed by atoms with Gasteiger partial charge in [0.25, 0.3) is 0 Å². The van der Waals surface area contributed by atoms with Gasteiger partial charge in [-0.05, 0) is 51.4 Å². The Morgan fingerprint density at radius 3 is 2.82 bits per heavy atom. The molecule has 3 N–H and O–H groups in total. The molecule has 5 nitrogen and oxygen atoms in total. The van der Waals surface area contributed by atoms with Crippen molar-refractivity contribution in [3.63, 3.8) is 0 Å². The molecule has 2 fully saturated rings. The number of carbonyl (C=O) groups is 1. The Morgan fingerprint density at radius 2 is 2.12 bits per heavy atom. The van der Waals surface area contributed by atoms with Crippen LogP contribution >= 0.6 is 0 Å². The van der Waals surface area contributed by atoms with Crippen molar-refractivity contribution in [2.24, 2.45) is 5.92 Å². The smallest absolute Gasteiger partial charge is 0.314 e. The van der Waals surface area contributed by atoms with Crippen LogP contribution in [-0.2, 0) is 0 Å². The third-order valence-corrected chi connectivity index (χ3v) is 3.63. The number of likely N-dealkylation sites (tertiary alicyclic amines) is 1. The summed E-state index contributed by atoms with van der Waals surface area (Å²) in [6.07, 6.45) is 3.79. The molecule has 2 aliphatic rings. The fourth-order valence-electron chi connectivity index (χ4n) is 2.52. The number of nitrogens with one attached hydrogen (secondary N) is 3. The predicted molar refractivity (Wildman–Crippen MR) is 68.1 cm³/mol. The summed E-state index contributed by atoms with van der Waals surface area (Å²) < 4.78 is 0. The van der Waals surface area contributed by atoms with E-state index in [-0.39, 0.29) is 6.03 Å². The lowest BCUT2D eigenvalue weighted by atomic mass is 10.1. The van der Waals surface area contributed by atoms with Crippen LogP contribution in [0.5, 0.6) is 0 Å². The van der Waals surface area contributed by atoms with Crippen LogP contribution < -0.4 is 16.0 Å². The first-order valence-corrected chi connectivity index (χ1v) is 6.79. The van der Waals surface area contributed by atoms with Gasteiger partial charge in [-0.1, -0.05) is 0 Å². The Bertz CT molecular complexity index is 235. The number of rotatable bonds is 5. The van der Waals surface area contributed by atoms with E-state index in [0.717, 1.165) is 32.7 Å². The predicted octanol–water partition coefficient (Wildman–Crippen LogP) is -0.00910. The van der Waals surface area contributed by atoms with Crippen LogP contribution in [0, 0.1) is 5.92 Å². The van der Waals surface area contributed by atoms with E-state index in [1.165, 1.54) is 32.4 Å². The molecule has 0 radical (unpaired) electrons. The van der Waals surface area contributed by atoms with Crippen molar-refractivity contribution in [2.75, 3.05) is 45.8 Å². The van der Waals surface area contributed by atoms with Crippen molar-refractivity contribution >= 4 is 6.03 Å². The van der Waals surface area contributed by atoms with Crippen LogP contribution in [0.2, 0.25) is 0 Å². The molecule has 2 aliphatic heterocycles. The second-order valence-electron chi connectivity index (χ2n) is 5.04. The molecule has 98 valence electrons. The van der Waals surface area contributed by atoms with Gasteiger partial charge in [-0.3, -0.25) is 0 Å². The molecule has 0 aromatic heterocycles. The highest BCUT2D eigenvalue weighted by Crippen LogP contribution is 2.06. The van der Waals surface area contributed by atoms with E-state index < -0.39 is 0 Å². The van der Waals surface area contributed by atoms with Crippen molar-refractivity contribution in [1.29, 1.82) is 0 Å². The molecule has 17 heavy (non-hydrogen) atoms. The minimum absolute atomic E-state index is 0.0175. The van der Waals surface area contributed by atoms with Crippen LogP contribution in [0.1, 0.15) is 19.3 Å². The zero-order chi connectivity index (χ0) is 11.9. The van der Waals surface area contributed by atoms with Crippen molar-refractivity contribution in [1.82, 2.24) is 20.9 Å². The molecule has 1 unspecified atom stereocenters. The van der Waals surface area contributed by atoms with Crippen molar-refractivity contribution in [2.45, 2.75) is 19.3 Å². The van der Waals surface area contributed by atoms with Gasteiger partial charge in [0.2, 0.25) is 0 Å². The fourth-order valence-corrected chi connectivity index (χ4v) is 2.52. The second kappa shape index (κ2) is 6.81. The number of hydrogen-bond acceptors (Lipinski definition) is 3. The number of amides is 2. The number of carbonyl (C=O) groups excluding carboxylic acids is 1. The van der Waals surface area contributed by atoms with E-state index >= 15 is 0 Å². The molecular formula is C12H24N4O. The Labute approximate surface area is 103 Å². The lowest BCUT2D eigenvalue weighted by molar-refractivity contribution is 0.236. The third-order valence-electron chi connectivity index (χ3n) is 3.63. The zero-order valence-electron chi connectivity index (χ0n) is 10.5. The van der Waals surface area contributed by atoms with E-state index in [1.54, 1.807) is 0 Å². The molecule has 2 rings (SSSR count). The molecule has 0 bridgehead atoms. The van der Waals surface area contributed by atoms with Gasteiger partial charge in [0.1, 0.15) is 0 Å². The Balaban J connectivity index is 1.48. The topological polar surface area (TPSA) is 56.4 Å². The Hall–Kier alpha value is -0.810. The van der Waals surface area contributed by atoms with Gasteiger partial charge < -0.3 is 20.9 Å². The summed E-state index contributed by atoms with van der Waals surface area (Å²) in [6.45, 7) is 7.04. The minimum Gasteiger partial charge on any atom is -0.338 e. The maximum absolute atomic E-state index is 11.5. The van der Waals surface area contributed by atoms with Gasteiger partial charge in [0, 0.05) is 19.6 Å². The molecule has 5 heteroatoms. The van der Waals surface area contributed by atoms with E-state index in [4.69, 9.17) is 0 Å². The van der Waals surface area contributed by atoms with Crippen LogP contribution in [0.3, 0.4) is 0 Å². The van der Waals surface area contributed by atoms with Gasteiger partial charge in [-0.25, -0.2) is 4.79 Å². The van der Waals surface area contributed by atoms with Crippen LogP contribution in [-0.4, -0.2) is 56.7 Å². The van der Waals surface area contributed by atoms with Crippen LogP contribution in [0.4, 0.5) is 4.79 Å². The maximum atomic E-state index is 11.5. The van der Waals surface area contributed by atoms with Crippen molar-refractivity contribution in [3.05, 3.63) is 0 Å². The highest BCUT2D eigenvalue weighted by molar-refractivity contribution is 5.73. The van der Waals surface area contributed by atoms with E-state index in [9.17, 15) is 4.79 Å². The first kappa shape index (κ1) is 12.6. The molecule has 0 aromatic carbocycles. The Morgan fingerprint density at radius 1 is 1.29 bits per heavy atom. The molecule has 1 atom stereocenters. The average Bonchev–Trinajstić information content (AvgIpc) is 2.99. The molecule has 0 spiro atoms. The summed E-state index contributed by atoms with van der Waals surface area (Å²) in [5.41, 5.74) is 0. The summed E-state index contributed by atoms with van der Waals surface area (Å²) in [6, 6.07) is -0.0175. The van der Waals surface area contributed by atoms with Gasteiger partial charge in [0.15, 0.2) is 0 Å². The average molecular weight is 240 g/mol. The van der Waals surface area contributed by atoms with Gasteiger partial charge in [0.05, 0.1) is 0 Å². The lowest BCUT2D eigenvalue weighted by Crippen LogP contribution is -2.41. The summed E-state index contributed by atoms with van der Waals surface area (Å²) >= 11 is 0.